The van der Waals surface area contributed by atoms with E-state index in [1.807, 2.05) is 18.2 Å². The van der Waals surface area contributed by atoms with Crippen molar-refractivity contribution in [2.45, 2.75) is 58.5 Å². The number of hydrogen-bond acceptors (Lipinski definition) is 4. The molecular formula is C21H26ClN3O3. The van der Waals surface area contributed by atoms with Gasteiger partial charge in [-0.1, -0.05) is 49.2 Å². The van der Waals surface area contributed by atoms with Gasteiger partial charge < -0.3 is 10.1 Å². The number of amides is 1. The number of nitrogens with zero attached hydrogens (tertiary/aromatic N) is 2. The SMILES string of the molecule is CCCCn1nc(C)c(C(=O)OCC(=O)N[C@@H]2CCCc3ccccc32)c1Cl. The third-order valence-corrected chi connectivity index (χ3v) is 5.42. The first-order valence-electron chi connectivity index (χ1n) is 9.78. The molecule has 0 bridgehead atoms. The van der Waals surface area contributed by atoms with Crippen LogP contribution >= 0.6 is 11.6 Å². The molecule has 0 radical (unpaired) electrons. The summed E-state index contributed by atoms with van der Waals surface area (Å²) in [4.78, 5) is 24.8. The second-order valence-corrected chi connectivity index (χ2v) is 7.47. The van der Waals surface area contributed by atoms with E-state index in [0.29, 0.717) is 12.2 Å². The normalized spacial score (nSPS) is 15.8. The maximum atomic E-state index is 12.4. The lowest BCUT2D eigenvalue weighted by molar-refractivity contribution is -0.125. The second-order valence-electron chi connectivity index (χ2n) is 7.12. The molecule has 28 heavy (non-hydrogen) atoms. The molecule has 150 valence electrons. The zero-order valence-corrected chi connectivity index (χ0v) is 17.1. The minimum Gasteiger partial charge on any atom is -0.452 e. The van der Waals surface area contributed by atoms with E-state index in [1.165, 1.54) is 5.56 Å². The van der Waals surface area contributed by atoms with Crippen molar-refractivity contribution in [3.63, 3.8) is 0 Å². The van der Waals surface area contributed by atoms with Crippen LogP contribution in [0.4, 0.5) is 0 Å². The predicted octanol–water partition coefficient (Wildman–Crippen LogP) is 4.00. The Morgan fingerprint density at radius 3 is 2.93 bits per heavy atom. The summed E-state index contributed by atoms with van der Waals surface area (Å²) in [5, 5.41) is 7.53. The van der Waals surface area contributed by atoms with Crippen molar-refractivity contribution < 1.29 is 14.3 Å². The number of aromatic nitrogens is 2. The molecule has 3 rings (SSSR count). The van der Waals surface area contributed by atoms with Crippen molar-refractivity contribution >= 4 is 23.5 Å². The minimum absolute atomic E-state index is 0.0433. The van der Waals surface area contributed by atoms with Gasteiger partial charge >= 0.3 is 5.97 Å². The third kappa shape index (κ3) is 4.55. The number of ether oxygens (including phenoxy) is 1. The van der Waals surface area contributed by atoms with Crippen molar-refractivity contribution in [3.05, 3.63) is 51.8 Å². The van der Waals surface area contributed by atoms with Gasteiger partial charge in [0, 0.05) is 6.54 Å². The first-order chi connectivity index (χ1) is 13.5. The lowest BCUT2D eigenvalue weighted by Gasteiger charge is -2.26. The molecule has 1 aromatic carbocycles. The minimum atomic E-state index is -0.621. The molecule has 2 aromatic rings. The van der Waals surface area contributed by atoms with Gasteiger partial charge in [-0.05, 0) is 43.7 Å². The van der Waals surface area contributed by atoms with Gasteiger partial charge in [-0.3, -0.25) is 9.48 Å². The number of benzene rings is 1. The molecule has 1 atom stereocenters. The maximum Gasteiger partial charge on any atom is 0.343 e. The Balaban J connectivity index is 1.58. The van der Waals surface area contributed by atoms with Crippen molar-refractivity contribution in [3.8, 4) is 0 Å². The molecule has 0 spiro atoms. The van der Waals surface area contributed by atoms with E-state index in [1.54, 1.807) is 11.6 Å². The molecule has 0 saturated carbocycles. The summed E-state index contributed by atoms with van der Waals surface area (Å²) < 4.78 is 6.82. The van der Waals surface area contributed by atoms with E-state index in [0.717, 1.165) is 37.7 Å². The topological polar surface area (TPSA) is 73.2 Å². The fourth-order valence-corrected chi connectivity index (χ4v) is 3.92. The van der Waals surface area contributed by atoms with E-state index in [2.05, 4.69) is 23.4 Å². The number of carbonyl (C=O) groups is 2. The maximum absolute atomic E-state index is 12.4. The fourth-order valence-electron chi connectivity index (χ4n) is 3.58. The molecule has 1 aromatic heterocycles. The summed E-state index contributed by atoms with van der Waals surface area (Å²) >= 11 is 6.29. The van der Waals surface area contributed by atoms with Gasteiger partial charge in [0.15, 0.2) is 6.61 Å². The lowest BCUT2D eigenvalue weighted by atomic mass is 9.88. The highest BCUT2D eigenvalue weighted by Gasteiger charge is 2.24. The molecule has 1 aliphatic rings. The molecule has 1 amide bonds. The van der Waals surface area contributed by atoms with Gasteiger partial charge in [0.1, 0.15) is 10.7 Å². The number of fused-ring (bicyclic) bond motifs is 1. The molecule has 6 nitrogen and oxygen atoms in total. The Morgan fingerprint density at radius 2 is 2.14 bits per heavy atom. The predicted molar refractivity (Wildman–Crippen MR) is 107 cm³/mol. The van der Waals surface area contributed by atoms with Crippen LogP contribution in [0.5, 0.6) is 0 Å². The number of rotatable bonds is 7. The summed E-state index contributed by atoms with van der Waals surface area (Å²) in [7, 11) is 0. The standard InChI is InChI=1S/C21H26ClN3O3/c1-3-4-12-25-20(22)19(14(2)24-25)21(27)28-13-18(26)23-17-11-7-9-15-8-5-6-10-16(15)17/h5-6,8,10,17H,3-4,7,9,11-13H2,1-2H3,(H,23,26)/t17-/m1/s1. The van der Waals surface area contributed by atoms with Gasteiger partial charge in [-0.15, -0.1) is 0 Å². The van der Waals surface area contributed by atoms with Crippen LogP contribution in [-0.4, -0.2) is 28.3 Å². The first kappa shape index (κ1) is 20.4. The summed E-state index contributed by atoms with van der Waals surface area (Å²) in [6, 6.07) is 8.08. The van der Waals surface area contributed by atoms with E-state index >= 15 is 0 Å². The van der Waals surface area contributed by atoms with Crippen molar-refractivity contribution in [2.75, 3.05) is 6.61 Å². The van der Waals surface area contributed by atoms with Crippen LogP contribution in [-0.2, 0) is 22.5 Å². The van der Waals surface area contributed by atoms with Crippen LogP contribution in [0.3, 0.4) is 0 Å². The smallest absolute Gasteiger partial charge is 0.343 e. The van der Waals surface area contributed by atoms with Crippen LogP contribution < -0.4 is 5.32 Å². The molecule has 0 unspecified atom stereocenters. The molecule has 0 fully saturated rings. The molecule has 0 aliphatic heterocycles. The van der Waals surface area contributed by atoms with Gasteiger partial charge in [-0.25, -0.2) is 4.79 Å². The summed E-state index contributed by atoms with van der Waals surface area (Å²) in [5.41, 5.74) is 3.14. The van der Waals surface area contributed by atoms with Crippen LogP contribution in [0.2, 0.25) is 5.15 Å². The third-order valence-electron chi connectivity index (χ3n) is 5.03. The second kappa shape index (κ2) is 9.24. The van der Waals surface area contributed by atoms with Gasteiger partial charge in [0.25, 0.3) is 5.91 Å². The average molecular weight is 404 g/mol. The van der Waals surface area contributed by atoms with Crippen LogP contribution in [0.15, 0.2) is 24.3 Å². The van der Waals surface area contributed by atoms with Crippen LogP contribution in [0, 0.1) is 6.92 Å². The van der Waals surface area contributed by atoms with Gasteiger partial charge in [-0.2, -0.15) is 5.10 Å². The van der Waals surface area contributed by atoms with E-state index in [4.69, 9.17) is 16.3 Å². The van der Waals surface area contributed by atoms with E-state index in [9.17, 15) is 9.59 Å². The Labute approximate surface area is 170 Å². The number of unbranched alkanes of at least 4 members (excludes halogenated alkanes) is 1. The zero-order chi connectivity index (χ0) is 20.1. The highest BCUT2D eigenvalue weighted by molar-refractivity contribution is 6.32. The lowest BCUT2D eigenvalue weighted by Crippen LogP contribution is -2.34. The Morgan fingerprint density at radius 1 is 1.36 bits per heavy atom. The first-order valence-corrected chi connectivity index (χ1v) is 10.2. The summed E-state index contributed by atoms with van der Waals surface area (Å²) in [5.74, 6) is -0.938. The summed E-state index contributed by atoms with van der Waals surface area (Å²) in [6.45, 7) is 4.09. The zero-order valence-electron chi connectivity index (χ0n) is 16.3. The summed E-state index contributed by atoms with van der Waals surface area (Å²) in [6.07, 6.45) is 4.84. The molecule has 1 N–H and O–H groups in total. The van der Waals surface area contributed by atoms with E-state index < -0.39 is 5.97 Å². The highest BCUT2D eigenvalue weighted by Crippen LogP contribution is 2.29. The number of aryl methyl sites for hydroxylation is 3. The fraction of sp³-hybridized carbons (Fsp3) is 0.476. The molecule has 1 heterocycles. The van der Waals surface area contributed by atoms with Gasteiger partial charge in [0.2, 0.25) is 0 Å². The number of halogens is 1. The highest BCUT2D eigenvalue weighted by atomic mass is 35.5. The van der Waals surface area contributed by atoms with Crippen molar-refractivity contribution in [1.82, 2.24) is 15.1 Å². The Bertz CT molecular complexity index is 863. The molecule has 7 heteroatoms. The molecule has 0 saturated heterocycles. The largest absolute Gasteiger partial charge is 0.452 e. The van der Waals surface area contributed by atoms with Crippen LogP contribution in [0.25, 0.3) is 0 Å². The molecular weight excluding hydrogens is 378 g/mol. The van der Waals surface area contributed by atoms with Gasteiger partial charge in [0.05, 0.1) is 11.7 Å². The number of esters is 1. The monoisotopic (exact) mass is 403 g/mol. The number of carbonyl (C=O) groups excluding carboxylic acids is 2. The number of hydrogen-bond donors (Lipinski definition) is 1. The Kier molecular flexibility index (Phi) is 6.73. The van der Waals surface area contributed by atoms with Crippen molar-refractivity contribution in [1.29, 1.82) is 0 Å². The average Bonchev–Trinajstić information content (AvgIpc) is 2.98. The quantitative estimate of drug-likeness (QED) is 0.709. The van der Waals surface area contributed by atoms with Crippen LogP contribution in [0.1, 0.15) is 65.8 Å². The Hall–Kier alpha value is -2.34. The number of nitrogens with one attached hydrogen (secondary N) is 1. The molecule has 1 aliphatic carbocycles. The van der Waals surface area contributed by atoms with Crippen molar-refractivity contribution in [2.24, 2.45) is 0 Å². The van der Waals surface area contributed by atoms with E-state index in [-0.39, 0.29) is 29.3 Å².